The van der Waals surface area contributed by atoms with Gasteiger partial charge in [0, 0.05) is 22.7 Å². The van der Waals surface area contributed by atoms with Crippen LogP contribution in [0.25, 0.3) is 0 Å². The zero-order chi connectivity index (χ0) is 24.0. The number of halogens is 3. The van der Waals surface area contributed by atoms with Crippen LogP contribution in [0, 0.1) is 11.8 Å². The van der Waals surface area contributed by atoms with Crippen molar-refractivity contribution in [3.8, 4) is 17.7 Å². The summed E-state index contributed by atoms with van der Waals surface area (Å²) >= 11 is 6.27. The number of benzene rings is 1. The van der Waals surface area contributed by atoms with Crippen molar-refractivity contribution in [1.29, 1.82) is 0 Å². The van der Waals surface area contributed by atoms with Crippen molar-refractivity contribution in [2.45, 2.75) is 38.3 Å². The number of ether oxygens (including phenoxy) is 2. The standard InChI is InChI=1S/C21H21ClF2N6O3/c1-3-4-7-32-17-11-26-16(10-27-17)18(31)28-13-5-6-15(22)14(8-13)21(19(23)24)9-12(2)33-20(25)29-30-21/h5-6,8,10-12,19,30H,7,9H2,1-2H3,(H2,25,29)(H,28,31)/t12-,21-/m1/s1. The summed E-state index contributed by atoms with van der Waals surface area (Å²) in [6.45, 7) is 3.41. The summed E-state index contributed by atoms with van der Waals surface area (Å²) < 4.78 is 39.1. The molecule has 1 amide bonds. The number of anilines is 1. The van der Waals surface area contributed by atoms with E-state index in [0.29, 0.717) is 0 Å². The highest BCUT2D eigenvalue weighted by Gasteiger charge is 2.46. The van der Waals surface area contributed by atoms with E-state index >= 15 is 0 Å². The molecular weight excluding hydrogens is 458 g/mol. The third-order valence-corrected chi connectivity index (χ3v) is 5.03. The number of nitrogens with one attached hydrogen (secondary N) is 2. The van der Waals surface area contributed by atoms with E-state index < -0.39 is 24.0 Å². The Bertz CT molecular complexity index is 1100. The van der Waals surface area contributed by atoms with Crippen molar-refractivity contribution in [2.75, 3.05) is 11.9 Å². The van der Waals surface area contributed by atoms with Crippen molar-refractivity contribution < 1.29 is 23.0 Å². The minimum atomic E-state index is -2.92. The molecule has 0 saturated carbocycles. The van der Waals surface area contributed by atoms with Gasteiger partial charge in [-0.2, -0.15) is 0 Å². The summed E-state index contributed by atoms with van der Waals surface area (Å²) in [5.74, 6) is 4.99. The molecular formula is C21H21ClF2N6O3. The summed E-state index contributed by atoms with van der Waals surface area (Å²) in [6, 6.07) is 3.96. The number of amides is 1. The monoisotopic (exact) mass is 478 g/mol. The van der Waals surface area contributed by atoms with Crippen molar-refractivity contribution in [2.24, 2.45) is 10.8 Å². The molecule has 9 nitrogen and oxygen atoms in total. The smallest absolute Gasteiger partial charge is 0.303 e. The Morgan fingerprint density at radius 3 is 2.91 bits per heavy atom. The molecule has 174 valence electrons. The summed E-state index contributed by atoms with van der Waals surface area (Å²) in [5, 5.41) is 6.35. The number of hydrogen-bond donors (Lipinski definition) is 3. The van der Waals surface area contributed by atoms with E-state index in [2.05, 4.69) is 37.7 Å². The van der Waals surface area contributed by atoms with E-state index in [1.165, 1.54) is 30.6 Å². The normalized spacial score (nSPS) is 19.8. The lowest BCUT2D eigenvalue weighted by Gasteiger charge is -2.33. The SMILES string of the molecule is CC#CCOc1cnc(C(=O)Nc2ccc(Cl)c([C@@]3(C(F)F)C[C@@H](C)OC(N)=NN3)c2)cn1. The van der Waals surface area contributed by atoms with Crippen LogP contribution >= 0.6 is 11.6 Å². The van der Waals surface area contributed by atoms with Crippen LogP contribution in [0.4, 0.5) is 14.5 Å². The molecule has 0 aliphatic carbocycles. The minimum absolute atomic E-state index is 0.00372. The molecule has 2 heterocycles. The van der Waals surface area contributed by atoms with Gasteiger partial charge in [0.05, 0.1) is 12.4 Å². The summed E-state index contributed by atoms with van der Waals surface area (Å²) in [4.78, 5) is 20.6. The molecule has 2 atom stereocenters. The number of rotatable bonds is 6. The molecule has 1 aliphatic rings. The third kappa shape index (κ3) is 5.59. The summed E-state index contributed by atoms with van der Waals surface area (Å²) in [6.07, 6.45) is -1.26. The number of aromatic nitrogens is 2. The number of alkyl halides is 2. The zero-order valence-electron chi connectivity index (χ0n) is 17.7. The fourth-order valence-electron chi connectivity index (χ4n) is 3.18. The molecule has 0 fully saturated rings. The van der Waals surface area contributed by atoms with E-state index in [9.17, 15) is 13.6 Å². The van der Waals surface area contributed by atoms with E-state index in [4.69, 9.17) is 26.8 Å². The second-order valence-electron chi connectivity index (χ2n) is 7.07. The van der Waals surface area contributed by atoms with Crippen LogP contribution in [-0.2, 0) is 10.3 Å². The number of nitrogens with two attached hydrogens (primary N) is 1. The van der Waals surface area contributed by atoms with E-state index in [1.54, 1.807) is 13.8 Å². The lowest BCUT2D eigenvalue weighted by atomic mass is 9.85. The second kappa shape index (κ2) is 10.3. The van der Waals surface area contributed by atoms with Gasteiger partial charge in [0.1, 0.15) is 17.3 Å². The number of carbonyl (C=O) groups is 1. The van der Waals surface area contributed by atoms with Gasteiger partial charge in [-0.3, -0.25) is 10.2 Å². The Labute approximate surface area is 193 Å². The quantitative estimate of drug-likeness (QED) is 0.545. The lowest BCUT2D eigenvalue weighted by molar-refractivity contribution is 0.00677. The molecule has 3 rings (SSSR count). The molecule has 2 aromatic rings. The average Bonchev–Trinajstić information content (AvgIpc) is 2.94. The Hall–Kier alpha value is -3.65. The predicted molar refractivity (Wildman–Crippen MR) is 118 cm³/mol. The first-order chi connectivity index (χ1) is 15.7. The Morgan fingerprint density at radius 1 is 1.45 bits per heavy atom. The first kappa shape index (κ1) is 24.0. The van der Waals surface area contributed by atoms with Crippen LogP contribution < -0.4 is 21.2 Å². The molecule has 0 bridgehead atoms. The Morgan fingerprint density at radius 2 is 2.24 bits per heavy atom. The van der Waals surface area contributed by atoms with Gasteiger partial charge in [0.25, 0.3) is 12.3 Å². The number of hydrogen-bond acceptors (Lipinski definition) is 8. The fourth-order valence-corrected chi connectivity index (χ4v) is 3.47. The van der Waals surface area contributed by atoms with Gasteiger partial charge in [-0.1, -0.05) is 17.5 Å². The number of amidine groups is 1. The first-order valence-corrected chi connectivity index (χ1v) is 10.1. The lowest BCUT2D eigenvalue weighted by Crippen LogP contribution is -2.47. The maximum atomic E-state index is 14.3. The van der Waals surface area contributed by atoms with Crippen LogP contribution in [0.5, 0.6) is 5.88 Å². The van der Waals surface area contributed by atoms with Crippen molar-refractivity contribution in [3.63, 3.8) is 0 Å². The van der Waals surface area contributed by atoms with Crippen molar-refractivity contribution >= 4 is 29.2 Å². The Kier molecular flexibility index (Phi) is 7.50. The Balaban J connectivity index is 1.84. The molecule has 0 unspecified atom stereocenters. The average molecular weight is 479 g/mol. The van der Waals surface area contributed by atoms with Gasteiger partial charge >= 0.3 is 6.02 Å². The highest BCUT2D eigenvalue weighted by atomic mass is 35.5. The summed E-state index contributed by atoms with van der Waals surface area (Å²) in [5.41, 5.74) is 6.24. The van der Waals surface area contributed by atoms with Crippen LogP contribution in [-0.4, -0.2) is 41.0 Å². The zero-order valence-corrected chi connectivity index (χ0v) is 18.5. The predicted octanol–water partition coefficient (Wildman–Crippen LogP) is 2.87. The molecule has 0 spiro atoms. The third-order valence-electron chi connectivity index (χ3n) is 4.70. The first-order valence-electron chi connectivity index (χ1n) is 9.76. The van der Waals surface area contributed by atoms with E-state index in [-0.39, 0.29) is 46.9 Å². The van der Waals surface area contributed by atoms with Crippen LogP contribution in [0.2, 0.25) is 5.02 Å². The number of carbonyl (C=O) groups excluding carboxylic acids is 1. The van der Waals surface area contributed by atoms with Gasteiger partial charge in [-0.05, 0) is 32.0 Å². The molecule has 33 heavy (non-hydrogen) atoms. The van der Waals surface area contributed by atoms with Crippen LogP contribution in [0.1, 0.15) is 36.3 Å². The fraction of sp³-hybridized carbons (Fsp3) is 0.333. The molecule has 1 aromatic carbocycles. The number of hydrazone groups is 1. The highest BCUT2D eigenvalue weighted by Crippen LogP contribution is 2.40. The van der Waals surface area contributed by atoms with Crippen LogP contribution in [0.3, 0.4) is 0 Å². The minimum Gasteiger partial charge on any atom is -0.463 e. The molecule has 12 heteroatoms. The molecule has 0 radical (unpaired) electrons. The summed E-state index contributed by atoms with van der Waals surface area (Å²) in [7, 11) is 0. The maximum absolute atomic E-state index is 14.3. The van der Waals surface area contributed by atoms with Gasteiger partial charge in [-0.25, -0.2) is 18.7 Å². The van der Waals surface area contributed by atoms with Crippen molar-refractivity contribution in [1.82, 2.24) is 15.4 Å². The topological polar surface area (TPSA) is 124 Å². The molecule has 1 aromatic heterocycles. The largest absolute Gasteiger partial charge is 0.463 e. The van der Waals surface area contributed by atoms with E-state index in [1.807, 2.05) is 0 Å². The second-order valence-corrected chi connectivity index (χ2v) is 7.48. The van der Waals surface area contributed by atoms with Crippen molar-refractivity contribution in [3.05, 3.63) is 46.9 Å². The van der Waals surface area contributed by atoms with Gasteiger partial charge in [-0.15, -0.1) is 11.0 Å². The molecule has 0 saturated heterocycles. The molecule has 1 aliphatic heterocycles. The van der Waals surface area contributed by atoms with E-state index in [0.717, 1.165) is 0 Å². The van der Waals surface area contributed by atoms with Gasteiger partial charge < -0.3 is 20.5 Å². The van der Waals surface area contributed by atoms with Gasteiger partial charge in [0.2, 0.25) is 5.88 Å². The number of nitrogens with zero attached hydrogens (tertiary/aromatic N) is 3. The molecule has 4 N–H and O–H groups in total. The van der Waals surface area contributed by atoms with Crippen LogP contribution in [0.15, 0.2) is 35.7 Å². The van der Waals surface area contributed by atoms with Gasteiger partial charge in [0.15, 0.2) is 6.61 Å². The maximum Gasteiger partial charge on any atom is 0.303 e. The highest BCUT2D eigenvalue weighted by molar-refractivity contribution is 6.31.